The van der Waals surface area contributed by atoms with E-state index in [0.29, 0.717) is 13.2 Å². The molecule has 2 aliphatic rings. The van der Waals surface area contributed by atoms with Gasteiger partial charge >= 0.3 is 0 Å². The van der Waals surface area contributed by atoms with Gasteiger partial charge in [-0.05, 0) is 0 Å². The van der Waals surface area contributed by atoms with Crippen LogP contribution in [0.25, 0.3) is 0 Å². The summed E-state index contributed by atoms with van der Waals surface area (Å²) in [6, 6.07) is 9.98. The van der Waals surface area contributed by atoms with Crippen molar-refractivity contribution in [3.8, 4) is 0 Å². The van der Waals surface area contributed by atoms with E-state index in [1.165, 1.54) is 0 Å². The Morgan fingerprint density at radius 2 is 1.94 bits per heavy atom. The van der Waals surface area contributed by atoms with Crippen molar-refractivity contribution in [3.63, 3.8) is 0 Å². The molecule has 84 valence electrons. The van der Waals surface area contributed by atoms with E-state index in [9.17, 15) is 0 Å². The number of ether oxygens (including phenoxy) is 3. The average molecular weight is 218 g/mol. The Morgan fingerprint density at radius 1 is 1.06 bits per heavy atom. The molecule has 0 amide bonds. The first-order valence-electron chi connectivity index (χ1n) is 5.54. The van der Waals surface area contributed by atoms with Gasteiger partial charge in [0.25, 0.3) is 0 Å². The quantitative estimate of drug-likeness (QED) is 0.675. The molecule has 0 spiro atoms. The van der Waals surface area contributed by atoms with Crippen molar-refractivity contribution in [2.75, 3.05) is 13.2 Å². The topological polar surface area (TPSA) is 27.7 Å². The number of hydrogen-bond acceptors (Lipinski definition) is 3. The van der Waals surface area contributed by atoms with E-state index in [1.54, 1.807) is 0 Å². The van der Waals surface area contributed by atoms with Crippen molar-refractivity contribution in [1.82, 2.24) is 0 Å². The highest BCUT2D eigenvalue weighted by molar-refractivity contribution is 5.17. The predicted molar refractivity (Wildman–Crippen MR) is 58.9 cm³/mol. The van der Waals surface area contributed by atoms with E-state index in [1.807, 2.05) is 36.4 Å². The summed E-state index contributed by atoms with van der Waals surface area (Å²) in [4.78, 5) is 0. The lowest BCUT2D eigenvalue weighted by Crippen LogP contribution is -2.42. The molecule has 3 atom stereocenters. The van der Waals surface area contributed by atoms with Gasteiger partial charge in [-0.1, -0.05) is 42.5 Å². The van der Waals surface area contributed by atoms with Crippen molar-refractivity contribution >= 4 is 0 Å². The standard InChI is InChI=1S/C13H14O3/c1-2-5-10(6-3-1)13-15-9-12-11(16-13)7-4-8-14-12/h1-7,11-13H,8-9H2/t11-,12+,13?/m0/s1. The Balaban J connectivity index is 1.75. The van der Waals surface area contributed by atoms with Crippen LogP contribution in [-0.4, -0.2) is 25.4 Å². The smallest absolute Gasteiger partial charge is 0.184 e. The van der Waals surface area contributed by atoms with Gasteiger partial charge in [0, 0.05) is 5.56 Å². The highest BCUT2D eigenvalue weighted by Gasteiger charge is 2.32. The van der Waals surface area contributed by atoms with Crippen molar-refractivity contribution < 1.29 is 14.2 Å². The number of benzene rings is 1. The molecule has 3 rings (SSSR count). The molecule has 16 heavy (non-hydrogen) atoms. The largest absolute Gasteiger partial charge is 0.369 e. The molecule has 0 N–H and O–H groups in total. The van der Waals surface area contributed by atoms with Gasteiger partial charge in [-0.15, -0.1) is 0 Å². The third-order valence-electron chi connectivity index (χ3n) is 2.86. The van der Waals surface area contributed by atoms with E-state index in [0.717, 1.165) is 5.56 Å². The maximum absolute atomic E-state index is 5.84. The fraction of sp³-hybridized carbons (Fsp3) is 0.385. The van der Waals surface area contributed by atoms with Gasteiger partial charge in [-0.2, -0.15) is 0 Å². The number of hydrogen-bond donors (Lipinski definition) is 0. The van der Waals surface area contributed by atoms with Crippen LogP contribution in [0.5, 0.6) is 0 Å². The van der Waals surface area contributed by atoms with E-state index >= 15 is 0 Å². The summed E-state index contributed by atoms with van der Waals surface area (Å²) in [7, 11) is 0. The van der Waals surface area contributed by atoms with Gasteiger partial charge in [0.1, 0.15) is 12.2 Å². The van der Waals surface area contributed by atoms with Crippen LogP contribution in [0.1, 0.15) is 11.9 Å². The lowest BCUT2D eigenvalue weighted by molar-refractivity contribution is -0.254. The van der Waals surface area contributed by atoms with E-state index in [4.69, 9.17) is 14.2 Å². The van der Waals surface area contributed by atoms with Crippen LogP contribution in [0, 0.1) is 0 Å². The normalized spacial score (nSPS) is 33.4. The fourth-order valence-electron chi connectivity index (χ4n) is 2.01. The van der Waals surface area contributed by atoms with Crippen LogP contribution >= 0.6 is 0 Å². The SMILES string of the molecule is C1=C[C@@H]2OC(c3ccccc3)OC[C@H]2OC1. The zero-order chi connectivity index (χ0) is 10.8. The summed E-state index contributed by atoms with van der Waals surface area (Å²) >= 11 is 0. The van der Waals surface area contributed by atoms with Gasteiger partial charge in [0.15, 0.2) is 6.29 Å². The maximum Gasteiger partial charge on any atom is 0.184 e. The Morgan fingerprint density at radius 3 is 2.81 bits per heavy atom. The summed E-state index contributed by atoms with van der Waals surface area (Å²) in [6.07, 6.45) is 3.85. The van der Waals surface area contributed by atoms with Crippen LogP contribution in [0.3, 0.4) is 0 Å². The second-order valence-electron chi connectivity index (χ2n) is 3.98. The second kappa shape index (κ2) is 4.37. The molecule has 1 fully saturated rings. The number of fused-ring (bicyclic) bond motifs is 1. The molecule has 0 radical (unpaired) electrons. The zero-order valence-corrected chi connectivity index (χ0v) is 8.91. The van der Waals surface area contributed by atoms with Crippen molar-refractivity contribution in [1.29, 1.82) is 0 Å². The van der Waals surface area contributed by atoms with Crippen LogP contribution in [0.4, 0.5) is 0 Å². The Bertz CT molecular complexity index is 374. The first-order valence-corrected chi connectivity index (χ1v) is 5.54. The average Bonchev–Trinajstić information content (AvgIpc) is 2.39. The number of rotatable bonds is 1. The maximum atomic E-state index is 5.84. The third-order valence-corrected chi connectivity index (χ3v) is 2.86. The Kier molecular flexibility index (Phi) is 2.74. The first-order chi connectivity index (χ1) is 7.93. The Hall–Kier alpha value is -1.16. The molecule has 3 heteroatoms. The Labute approximate surface area is 94.6 Å². The second-order valence-corrected chi connectivity index (χ2v) is 3.98. The van der Waals surface area contributed by atoms with Crippen molar-refractivity contribution in [2.45, 2.75) is 18.5 Å². The summed E-state index contributed by atoms with van der Waals surface area (Å²) in [5.74, 6) is 0. The molecule has 1 aromatic carbocycles. The van der Waals surface area contributed by atoms with Crippen molar-refractivity contribution in [2.24, 2.45) is 0 Å². The third kappa shape index (κ3) is 1.89. The van der Waals surface area contributed by atoms with E-state index in [2.05, 4.69) is 6.08 Å². The van der Waals surface area contributed by atoms with Gasteiger partial charge in [-0.3, -0.25) is 0 Å². The molecule has 1 unspecified atom stereocenters. The lowest BCUT2D eigenvalue weighted by Gasteiger charge is -2.36. The summed E-state index contributed by atoms with van der Waals surface area (Å²) in [5.41, 5.74) is 1.06. The molecule has 0 aromatic heterocycles. The minimum absolute atomic E-state index is 0.0210. The van der Waals surface area contributed by atoms with Gasteiger partial charge in [-0.25, -0.2) is 0 Å². The molecule has 1 aromatic rings. The molecule has 0 aliphatic carbocycles. The molecular weight excluding hydrogens is 204 g/mol. The molecule has 0 saturated carbocycles. The molecule has 1 saturated heterocycles. The van der Waals surface area contributed by atoms with E-state index in [-0.39, 0.29) is 18.5 Å². The van der Waals surface area contributed by atoms with Crippen LogP contribution in [0.2, 0.25) is 0 Å². The summed E-state index contributed by atoms with van der Waals surface area (Å²) in [6.45, 7) is 1.25. The molecule has 2 aliphatic heterocycles. The van der Waals surface area contributed by atoms with Gasteiger partial charge in [0.2, 0.25) is 0 Å². The fourth-order valence-corrected chi connectivity index (χ4v) is 2.01. The van der Waals surface area contributed by atoms with Crippen molar-refractivity contribution in [3.05, 3.63) is 48.0 Å². The van der Waals surface area contributed by atoms with Crippen LogP contribution < -0.4 is 0 Å². The molecular formula is C13H14O3. The monoisotopic (exact) mass is 218 g/mol. The highest BCUT2D eigenvalue weighted by Crippen LogP contribution is 2.29. The predicted octanol–water partition coefficient (Wildman–Crippen LogP) is 2.06. The van der Waals surface area contributed by atoms with Gasteiger partial charge < -0.3 is 14.2 Å². The first kappa shape index (κ1) is 10.0. The van der Waals surface area contributed by atoms with Crippen LogP contribution in [-0.2, 0) is 14.2 Å². The minimum atomic E-state index is -0.270. The molecule has 2 heterocycles. The molecule has 3 nitrogen and oxygen atoms in total. The van der Waals surface area contributed by atoms with E-state index < -0.39 is 0 Å². The highest BCUT2D eigenvalue weighted by atomic mass is 16.7. The summed E-state index contributed by atoms with van der Waals surface area (Å²) in [5, 5.41) is 0. The summed E-state index contributed by atoms with van der Waals surface area (Å²) < 4.78 is 17.0. The van der Waals surface area contributed by atoms with Gasteiger partial charge in [0.05, 0.1) is 13.2 Å². The van der Waals surface area contributed by atoms with Crippen LogP contribution in [0.15, 0.2) is 42.5 Å². The molecule has 0 bridgehead atoms. The lowest BCUT2D eigenvalue weighted by atomic mass is 10.1. The minimum Gasteiger partial charge on any atom is -0.369 e. The zero-order valence-electron chi connectivity index (χ0n) is 8.91.